The van der Waals surface area contributed by atoms with Crippen LogP contribution in [-0.2, 0) is 0 Å². The van der Waals surface area contributed by atoms with Gasteiger partial charge >= 0.3 is 0 Å². The molecule has 1 nitrogen and oxygen atoms in total. The Morgan fingerprint density at radius 3 is 2.07 bits per heavy atom. The molecule has 0 bridgehead atoms. The van der Waals surface area contributed by atoms with Crippen molar-refractivity contribution in [2.24, 2.45) is 5.92 Å². The van der Waals surface area contributed by atoms with Gasteiger partial charge in [-0.15, -0.1) is 11.3 Å². The molecule has 0 fully saturated rings. The molecule has 208 valence electrons. The Hall–Kier alpha value is -5.18. The van der Waals surface area contributed by atoms with Crippen LogP contribution in [0.15, 0.2) is 163 Å². The van der Waals surface area contributed by atoms with Crippen LogP contribution in [0.3, 0.4) is 0 Å². The summed E-state index contributed by atoms with van der Waals surface area (Å²) in [5.41, 5.74) is 7.59. The number of rotatable bonds is 4. The SMILES string of the molecule is C1=CC2c3c(sc4ccccc34)C=CC2C(N(c2ccccc2)c2ccc(-c3cc4ccccc4c4ccccc34)cc2)=C1. The highest BCUT2D eigenvalue weighted by atomic mass is 32.1. The molecule has 2 heteroatoms. The first kappa shape index (κ1) is 25.3. The van der Waals surface area contributed by atoms with Crippen LogP contribution in [0.5, 0.6) is 0 Å². The van der Waals surface area contributed by atoms with Crippen molar-refractivity contribution >= 4 is 60.4 Å². The second kappa shape index (κ2) is 10.2. The number of allylic oxidation sites excluding steroid dienone is 4. The fourth-order valence-electron chi connectivity index (χ4n) is 7.26. The van der Waals surface area contributed by atoms with Gasteiger partial charge in [0, 0.05) is 38.5 Å². The maximum Gasteiger partial charge on any atom is 0.0459 e. The molecule has 2 unspecified atom stereocenters. The smallest absolute Gasteiger partial charge is 0.0459 e. The van der Waals surface area contributed by atoms with Crippen molar-refractivity contribution in [1.82, 2.24) is 0 Å². The number of anilines is 2. The van der Waals surface area contributed by atoms with Gasteiger partial charge in [0.25, 0.3) is 0 Å². The van der Waals surface area contributed by atoms with Crippen LogP contribution in [0.4, 0.5) is 11.4 Å². The summed E-state index contributed by atoms with van der Waals surface area (Å²) in [6, 6.07) is 48.6. The molecule has 2 aliphatic rings. The van der Waals surface area contributed by atoms with E-state index in [0.717, 1.165) is 0 Å². The van der Waals surface area contributed by atoms with Crippen molar-refractivity contribution < 1.29 is 0 Å². The van der Waals surface area contributed by atoms with Gasteiger partial charge in [-0.05, 0) is 92.2 Å². The molecule has 9 rings (SSSR count). The van der Waals surface area contributed by atoms with E-state index in [9.17, 15) is 0 Å². The zero-order chi connectivity index (χ0) is 29.0. The Labute approximate surface area is 261 Å². The van der Waals surface area contributed by atoms with E-state index in [0.29, 0.717) is 5.92 Å². The summed E-state index contributed by atoms with van der Waals surface area (Å²) in [6.45, 7) is 0. The first-order valence-corrected chi connectivity index (χ1v) is 16.1. The molecule has 0 saturated carbocycles. The molecule has 2 aliphatic carbocycles. The first-order chi connectivity index (χ1) is 21.8. The second-order valence-corrected chi connectivity index (χ2v) is 12.8. The highest BCUT2D eigenvalue weighted by Gasteiger charge is 2.34. The minimum Gasteiger partial charge on any atom is -0.314 e. The number of hydrogen-bond donors (Lipinski definition) is 0. The maximum atomic E-state index is 2.45. The van der Waals surface area contributed by atoms with Gasteiger partial charge < -0.3 is 4.90 Å². The van der Waals surface area contributed by atoms with Gasteiger partial charge in [0.15, 0.2) is 0 Å². The predicted molar refractivity (Wildman–Crippen MR) is 190 cm³/mol. The van der Waals surface area contributed by atoms with Gasteiger partial charge in [-0.1, -0.05) is 115 Å². The van der Waals surface area contributed by atoms with Crippen LogP contribution in [0.2, 0.25) is 0 Å². The fourth-order valence-corrected chi connectivity index (χ4v) is 8.43. The van der Waals surface area contributed by atoms with Crippen molar-refractivity contribution in [2.75, 3.05) is 4.90 Å². The van der Waals surface area contributed by atoms with E-state index in [1.807, 2.05) is 11.3 Å². The van der Waals surface area contributed by atoms with Crippen LogP contribution in [-0.4, -0.2) is 0 Å². The number of hydrogen-bond acceptors (Lipinski definition) is 2. The Kier molecular flexibility index (Phi) is 5.89. The molecule has 1 heterocycles. The minimum atomic E-state index is 0.245. The molecule has 0 radical (unpaired) electrons. The number of fused-ring (bicyclic) bond motifs is 8. The van der Waals surface area contributed by atoms with Gasteiger partial charge in [-0.3, -0.25) is 0 Å². The molecule has 2 atom stereocenters. The highest BCUT2D eigenvalue weighted by molar-refractivity contribution is 7.20. The molecular formula is C42H29NS. The van der Waals surface area contributed by atoms with Gasteiger partial charge in [-0.25, -0.2) is 0 Å². The van der Waals surface area contributed by atoms with Gasteiger partial charge in [0.2, 0.25) is 0 Å². The monoisotopic (exact) mass is 579 g/mol. The molecule has 6 aromatic carbocycles. The lowest BCUT2D eigenvalue weighted by Crippen LogP contribution is -2.28. The molecule has 0 amide bonds. The molecule has 7 aromatic rings. The van der Waals surface area contributed by atoms with E-state index in [-0.39, 0.29) is 5.92 Å². The fraction of sp³-hybridized carbons (Fsp3) is 0.0476. The molecule has 0 saturated heterocycles. The van der Waals surface area contributed by atoms with Crippen LogP contribution >= 0.6 is 11.3 Å². The molecule has 0 spiro atoms. The third-order valence-electron chi connectivity index (χ3n) is 9.24. The van der Waals surface area contributed by atoms with Crippen molar-refractivity contribution in [2.45, 2.75) is 5.92 Å². The van der Waals surface area contributed by atoms with Gasteiger partial charge in [0.1, 0.15) is 0 Å². The first-order valence-electron chi connectivity index (χ1n) is 15.3. The largest absolute Gasteiger partial charge is 0.314 e. The summed E-state index contributed by atoms with van der Waals surface area (Å²) in [5.74, 6) is 0.551. The van der Waals surface area contributed by atoms with Crippen molar-refractivity contribution in [3.63, 3.8) is 0 Å². The summed E-state index contributed by atoms with van der Waals surface area (Å²) in [7, 11) is 0. The number of benzene rings is 6. The quantitative estimate of drug-likeness (QED) is 0.188. The summed E-state index contributed by atoms with van der Waals surface area (Å²) < 4.78 is 1.36. The van der Waals surface area contributed by atoms with Crippen LogP contribution in [0.1, 0.15) is 16.4 Å². The molecule has 1 aromatic heterocycles. The topological polar surface area (TPSA) is 3.24 Å². The lowest BCUT2D eigenvalue weighted by atomic mass is 9.76. The predicted octanol–water partition coefficient (Wildman–Crippen LogP) is 11.9. The normalized spacial score (nSPS) is 17.0. The standard InChI is InChI=1S/C42H29NS/c1-2-12-30(13-3-1)43(39-19-10-18-36-35(39)25-26-41-42(36)37-17-8-9-20-40(37)44-41)31-23-21-28(22-24-31)38-27-29-11-4-5-14-32(29)33-15-6-7-16-34(33)38/h1-27,35-36H. The maximum absolute atomic E-state index is 2.45. The number of nitrogens with zero attached hydrogens (tertiary/aromatic N) is 1. The van der Waals surface area contributed by atoms with Gasteiger partial charge in [-0.2, -0.15) is 0 Å². The number of para-hydroxylation sites is 1. The molecular weight excluding hydrogens is 551 g/mol. The zero-order valence-corrected chi connectivity index (χ0v) is 24.9. The van der Waals surface area contributed by atoms with Crippen molar-refractivity contribution in [3.05, 3.63) is 174 Å². The van der Waals surface area contributed by atoms with Crippen LogP contribution in [0.25, 0.3) is 48.8 Å². The third-order valence-corrected chi connectivity index (χ3v) is 10.4. The van der Waals surface area contributed by atoms with E-state index in [2.05, 4.69) is 169 Å². The Balaban J connectivity index is 1.15. The van der Waals surface area contributed by atoms with E-state index < -0.39 is 0 Å². The Bertz CT molecular complexity index is 2290. The van der Waals surface area contributed by atoms with Gasteiger partial charge in [0.05, 0.1) is 0 Å². The van der Waals surface area contributed by atoms with E-state index in [4.69, 9.17) is 0 Å². The lowest BCUT2D eigenvalue weighted by molar-refractivity contribution is 0.647. The summed E-state index contributed by atoms with van der Waals surface area (Å²) in [6.07, 6.45) is 11.7. The van der Waals surface area contributed by atoms with Crippen molar-refractivity contribution in [3.8, 4) is 11.1 Å². The third kappa shape index (κ3) is 3.99. The second-order valence-electron chi connectivity index (χ2n) is 11.7. The lowest BCUT2D eigenvalue weighted by Gasteiger charge is -2.37. The number of thiophene rings is 1. The van der Waals surface area contributed by atoms with Crippen LogP contribution in [0, 0.1) is 5.92 Å². The molecule has 0 N–H and O–H groups in total. The average molecular weight is 580 g/mol. The summed E-state index contributed by atoms with van der Waals surface area (Å²) in [4.78, 5) is 3.84. The zero-order valence-electron chi connectivity index (χ0n) is 24.1. The molecule has 44 heavy (non-hydrogen) atoms. The Morgan fingerprint density at radius 2 is 1.23 bits per heavy atom. The van der Waals surface area contributed by atoms with Crippen molar-refractivity contribution in [1.29, 1.82) is 0 Å². The van der Waals surface area contributed by atoms with E-state index in [1.54, 1.807) is 0 Å². The summed E-state index contributed by atoms with van der Waals surface area (Å²) >= 11 is 1.90. The minimum absolute atomic E-state index is 0.245. The van der Waals surface area contributed by atoms with E-state index >= 15 is 0 Å². The summed E-state index contributed by atoms with van der Waals surface area (Å²) in [5, 5.41) is 6.53. The Morgan fingerprint density at radius 1 is 0.545 bits per heavy atom. The highest BCUT2D eigenvalue weighted by Crippen LogP contribution is 2.50. The average Bonchev–Trinajstić information content (AvgIpc) is 3.48. The van der Waals surface area contributed by atoms with Crippen LogP contribution < -0.4 is 4.90 Å². The van der Waals surface area contributed by atoms with E-state index in [1.165, 1.54) is 70.3 Å². The molecule has 0 aliphatic heterocycles.